The molecule has 1 saturated heterocycles. The van der Waals surface area contributed by atoms with Crippen LogP contribution in [-0.4, -0.2) is 34.8 Å². The Morgan fingerprint density at radius 2 is 1.71 bits per heavy atom. The summed E-state index contributed by atoms with van der Waals surface area (Å²) in [5.74, 6) is 0.0963. The van der Waals surface area contributed by atoms with Gasteiger partial charge < -0.3 is 4.90 Å². The fraction of sp³-hybridized carbons (Fsp3) is 0.409. The molecule has 148 valence electrons. The zero-order valence-corrected chi connectivity index (χ0v) is 15.6. The Balaban J connectivity index is 1.61. The molecule has 28 heavy (non-hydrogen) atoms. The number of fused-ring (bicyclic) bond motifs is 1. The summed E-state index contributed by atoms with van der Waals surface area (Å²) >= 11 is 0. The van der Waals surface area contributed by atoms with Crippen LogP contribution in [0.4, 0.5) is 13.2 Å². The smallest absolute Gasteiger partial charge is 0.341 e. The molecule has 0 saturated carbocycles. The maximum Gasteiger partial charge on any atom is 0.416 e. The van der Waals surface area contributed by atoms with E-state index in [1.54, 1.807) is 6.07 Å². The molecule has 1 amide bonds. The highest BCUT2D eigenvalue weighted by molar-refractivity contribution is 5.83. The Morgan fingerprint density at radius 3 is 2.43 bits per heavy atom. The molecule has 4 rings (SSSR count). The molecule has 0 N–H and O–H groups in total. The van der Waals surface area contributed by atoms with Crippen molar-refractivity contribution in [3.63, 3.8) is 0 Å². The van der Waals surface area contributed by atoms with E-state index < -0.39 is 11.7 Å². The lowest BCUT2D eigenvalue weighted by atomic mass is 9.92. The normalized spacial score (nSPS) is 20.2. The quantitative estimate of drug-likeness (QED) is 0.785. The van der Waals surface area contributed by atoms with Crippen LogP contribution in [0.25, 0.3) is 0 Å². The second-order valence-corrected chi connectivity index (χ2v) is 7.62. The van der Waals surface area contributed by atoms with Crippen molar-refractivity contribution in [2.24, 2.45) is 0 Å². The molecule has 0 unspecified atom stereocenters. The van der Waals surface area contributed by atoms with Crippen LogP contribution < -0.4 is 0 Å². The number of rotatable bonds is 3. The second kappa shape index (κ2) is 7.59. The number of alkyl halides is 3. The monoisotopic (exact) mass is 388 g/mol. The lowest BCUT2D eigenvalue weighted by Gasteiger charge is -2.38. The molecule has 2 aromatic carbocycles. The number of hydrogen-bond acceptors (Lipinski definition) is 2. The van der Waals surface area contributed by atoms with Gasteiger partial charge in [0.25, 0.3) is 0 Å². The molecular formula is C22H23F3N2O. The summed E-state index contributed by atoms with van der Waals surface area (Å²) in [6.45, 7) is 2.43. The third-order valence-corrected chi connectivity index (χ3v) is 5.69. The molecule has 2 aliphatic rings. The Kier molecular flexibility index (Phi) is 5.15. The topological polar surface area (TPSA) is 23.6 Å². The minimum absolute atomic E-state index is 0.0963. The zero-order valence-electron chi connectivity index (χ0n) is 15.6. The average Bonchev–Trinajstić information content (AvgIpc) is 3.21. The van der Waals surface area contributed by atoms with Crippen LogP contribution in [0.3, 0.4) is 0 Å². The lowest BCUT2D eigenvalue weighted by Crippen LogP contribution is -2.50. The molecule has 3 nitrogen and oxygen atoms in total. The van der Waals surface area contributed by atoms with Crippen LogP contribution in [-0.2, 0) is 30.5 Å². The van der Waals surface area contributed by atoms with E-state index in [1.165, 1.54) is 12.1 Å². The van der Waals surface area contributed by atoms with Crippen LogP contribution in [0.2, 0.25) is 0 Å². The van der Waals surface area contributed by atoms with Crippen molar-refractivity contribution in [1.29, 1.82) is 0 Å². The number of benzene rings is 2. The van der Waals surface area contributed by atoms with Crippen LogP contribution in [0.15, 0.2) is 48.5 Å². The number of hydrogen-bond donors (Lipinski definition) is 0. The lowest BCUT2D eigenvalue weighted by molar-refractivity contribution is -0.138. The van der Waals surface area contributed by atoms with Gasteiger partial charge in [0, 0.05) is 26.2 Å². The molecule has 2 aromatic rings. The first kappa shape index (κ1) is 19.0. The summed E-state index contributed by atoms with van der Waals surface area (Å²) in [5, 5.41) is 0. The Hall–Kier alpha value is -2.34. The van der Waals surface area contributed by atoms with E-state index >= 15 is 0 Å². The van der Waals surface area contributed by atoms with Gasteiger partial charge in [0.1, 0.15) is 0 Å². The molecule has 0 aliphatic carbocycles. The SMILES string of the molecule is O=C([C@H]1Cc2ccccc2CN1Cc1cccc(C(F)(F)F)c1)N1CCCC1. The van der Waals surface area contributed by atoms with Crippen molar-refractivity contribution in [3.8, 4) is 0 Å². The third kappa shape index (κ3) is 3.92. The van der Waals surface area contributed by atoms with Crippen LogP contribution in [0, 0.1) is 0 Å². The third-order valence-electron chi connectivity index (χ3n) is 5.69. The molecule has 0 bridgehead atoms. The van der Waals surface area contributed by atoms with E-state index in [2.05, 4.69) is 0 Å². The molecular weight excluding hydrogens is 365 g/mol. The predicted molar refractivity (Wildman–Crippen MR) is 100 cm³/mol. The van der Waals surface area contributed by atoms with E-state index in [0.717, 1.165) is 43.1 Å². The van der Waals surface area contributed by atoms with Crippen LogP contribution in [0.1, 0.15) is 35.1 Å². The summed E-state index contributed by atoms with van der Waals surface area (Å²) in [7, 11) is 0. The second-order valence-electron chi connectivity index (χ2n) is 7.62. The highest BCUT2D eigenvalue weighted by Crippen LogP contribution is 2.31. The van der Waals surface area contributed by atoms with Gasteiger partial charge in [0.2, 0.25) is 5.91 Å². The summed E-state index contributed by atoms with van der Waals surface area (Å²) in [4.78, 5) is 17.1. The number of amides is 1. The maximum atomic E-state index is 13.1. The van der Waals surface area contributed by atoms with Crippen LogP contribution in [0.5, 0.6) is 0 Å². The average molecular weight is 388 g/mol. The van der Waals surface area contributed by atoms with Crippen molar-refractivity contribution in [2.75, 3.05) is 13.1 Å². The number of halogens is 3. The van der Waals surface area contributed by atoms with Gasteiger partial charge in [0.05, 0.1) is 11.6 Å². The van der Waals surface area contributed by atoms with Gasteiger partial charge in [-0.15, -0.1) is 0 Å². The molecule has 1 fully saturated rings. The molecule has 0 spiro atoms. The number of likely N-dealkylation sites (tertiary alicyclic amines) is 1. The first-order valence-electron chi connectivity index (χ1n) is 9.67. The Bertz CT molecular complexity index is 859. The summed E-state index contributed by atoms with van der Waals surface area (Å²) in [5.41, 5.74) is 2.22. The fourth-order valence-corrected chi connectivity index (χ4v) is 4.22. The summed E-state index contributed by atoms with van der Waals surface area (Å²) in [6.07, 6.45) is -1.73. The largest absolute Gasteiger partial charge is 0.416 e. The summed E-state index contributed by atoms with van der Waals surface area (Å²) < 4.78 is 39.2. The van der Waals surface area contributed by atoms with Gasteiger partial charge in [-0.2, -0.15) is 13.2 Å². The van der Waals surface area contributed by atoms with Crippen molar-refractivity contribution in [2.45, 2.75) is 44.6 Å². The number of carbonyl (C=O) groups is 1. The molecule has 2 aliphatic heterocycles. The van der Waals surface area contributed by atoms with Gasteiger partial charge in [-0.25, -0.2) is 0 Å². The van der Waals surface area contributed by atoms with Crippen molar-refractivity contribution < 1.29 is 18.0 Å². The number of carbonyl (C=O) groups excluding carboxylic acids is 1. The van der Waals surface area contributed by atoms with Gasteiger partial charge in [-0.1, -0.05) is 42.5 Å². The van der Waals surface area contributed by atoms with Gasteiger partial charge in [-0.05, 0) is 42.0 Å². The summed E-state index contributed by atoms with van der Waals surface area (Å²) in [6, 6.07) is 13.1. The predicted octanol–water partition coefficient (Wildman–Crippen LogP) is 4.25. The van der Waals surface area contributed by atoms with E-state index in [1.807, 2.05) is 34.1 Å². The maximum absolute atomic E-state index is 13.1. The van der Waals surface area contributed by atoms with Gasteiger partial charge in [0.15, 0.2) is 0 Å². The van der Waals surface area contributed by atoms with E-state index in [9.17, 15) is 18.0 Å². The first-order chi connectivity index (χ1) is 13.4. The molecule has 0 radical (unpaired) electrons. The Labute approximate surface area is 162 Å². The highest BCUT2D eigenvalue weighted by atomic mass is 19.4. The van der Waals surface area contributed by atoms with Crippen LogP contribution >= 0.6 is 0 Å². The molecule has 1 atom stereocenters. The zero-order chi connectivity index (χ0) is 19.7. The molecule has 6 heteroatoms. The van der Waals surface area contributed by atoms with Crippen molar-refractivity contribution in [3.05, 3.63) is 70.8 Å². The van der Waals surface area contributed by atoms with Crippen molar-refractivity contribution in [1.82, 2.24) is 9.80 Å². The van der Waals surface area contributed by atoms with E-state index in [-0.39, 0.29) is 11.9 Å². The van der Waals surface area contributed by atoms with E-state index in [4.69, 9.17) is 0 Å². The Morgan fingerprint density at radius 1 is 1.00 bits per heavy atom. The minimum Gasteiger partial charge on any atom is -0.341 e. The number of nitrogens with zero attached hydrogens (tertiary/aromatic N) is 2. The van der Waals surface area contributed by atoms with Gasteiger partial charge in [-0.3, -0.25) is 9.69 Å². The highest BCUT2D eigenvalue weighted by Gasteiger charge is 2.35. The molecule has 0 aromatic heterocycles. The van der Waals surface area contributed by atoms with Crippen molar-refractivity contribution >= 4 is 5.91 Å². The fourth-order valence-electron chi connectivity index (χ4n) is 4.22. The molecule has 2 heterocycles. The van der Waals surface area contributed by atoms with Gasteiger partial charge >= 0.3 is 6.18 Å². The standard InChI is InChI=1S/C22H23F3N2O/c23-22(24,25)19-9-5-6-16(12-19)14-27-15-18-8-2-1-7-17(18)13-20(27)21(28)26-10-3-4-11-26/h1-2,5-9,12,20H,3-4,10-11,13-15H2/t20-/m1/s1. The van der Waals surface area contributed by atoms with E-state index in [0.29, 0.717) is 25.1 Å². The first-order valence-corrected chi connectivity index (χ1v) is 9.67. The minimum atomic E-state index is -4.37.